The van der Waals surface area contributed by atoms with Gasteiger partial charge in [-0.2, -0.15) is 11.3 Å². The summed E-state index contributed by atoms with van der Waals surface area (Å²) in [4.78, 5) is 38.0. The summed E-state index contributed by atoms with van der Waals surface area (Å²) < 4.78 is 9.99. The van der Waals surface area contributed by atoms with Crippen LogP contribution in [0.4, 0.5) is 5.00 Å². The Labute approximate surface area is 183 Å². The SMILES string of the molecule is COCCNC(=O)c1c(NC(=O)COC(=O)/C=C/c2ccsc2)sc2c1CCCC2. The standard InChI is InChI=1S/C21H24N2O5S2/c1-27-10-9-22-20(26)19-15-4-2-3-5-16(15)30-21(19)23-17(24)12-28-18(25)7-6-14-8-11-29-13-14/h6-8,11,13H,2-5,9-10,12H2,1H3,(H,22,26)(H,23,24)/b7-6+. The van der Waals surface area contributed by atoms with Gasteiger partial charge in [0.2, 0.25) is 0 Å². The third kappa shape index (κ3) is 6.01. The van der Waals surface area contributed by atoms with E-state index in [1.54, 1.807) is 13.2 Å². The number of nitrogens with one attached hydrogen (secondary N) is 2. The molecule has 0 saturated carbocycles. The van der Waals surface area contributed by atoms with E-state index in [2.05, 4.69) is 10.6 Å². The molecule has 0 radical (unpaired) electrons. The molecular weight excluding hydrogens is 424 g/mol. The number of anilines is 1. The van der Waals surface area contributed by atoms with Crippen molar-refractivity contribution in [1.82, 2.24) is 5.32 Å². The van der Waals surface area contributed by atoms with Crippen LogP contribution in [0.3, 0.4) is 0 Å². The molecule has 0 bridgehead atoms. The first-order chi connectivity index (χ1) is 14.6. The number of rotatable bonds is 9. The Bertz CT molecular complexity index is 918. The normalized spacial score (nSPS) is 13.1. The van der Waals surface area contributed by atoms with Crippen LogP contribution in [0.5, 0.6) is 0 Å². The largest absolute Gasteiger partial charge is 0.452 e. The van der Waals surface area contributed by atoms with E-state index >= 15 is 0 Å². The Hall–Kier alpha value is -2.49. The molecule has 0 fully saturated rings. The van der Waals surface area contributed by atoms with Gasteiger partial charge < -0.3 is 20.1 Å². The molecule has 2 aromatic heterocycles. The molecule has 2 N–H and O–H groups in total. The maximum absolute atomic E-state index is 12.7. The van der Waals surface area contributed by atoms with E-state index in [9.17, 15) is 14.4 Å². The van der Waals surface area contributed by atoms with Crippen molar-refractivity contribution in [3.63, 3.8) is 0 Å². The summed E-state index contributed by atoms with van der Waals surface area (Å²) in [6, 6.07) is 1.87. The maximum Gasteiger partial charge on any atom is 0.331 e. The van der Waals surface area contributed by atoms with E-state index in [1.165, 1.54) is 28.7 Å². The van der Waals surface area contributed by atoms with E-state index in [4.69, 9.17) is 9.47 Å². The molecule has 3 rings (SSSR count). The zero-order valence-electron chi connectivity index (χ0n) is 16.7. The van der Waals surface area contributed by atoms with Gasteiger partial charge in [0.1, 0.15) is 5.00 Å². The molecule has 0 aromatic carbocycles. The number of thiophene rings is 2. The molecule has 2 aromatic rings. The lowest BCUT2D eigenvalue weighted by molar-refractivity contribution is -0.142. The summed E-state index contributed by atoms with van der Waals surface area (Å²) in [6.07, 6.45) is 6.72. The van der Waals surface area contributed by atoms with Crippen molar-refractivity contribution in [3.8, 4) is 0 Å². The fourth-order valence-electron chi connectivity index (χ4n) is 3.13. The van der Waals surface area contributed by atoms with Gasteiger partial charge >= 0.3 is 5.97 Å². The third-order valence-corrected chi connectivity index (χ3v) is 6.45. The minimum atomic E-state index is -0.598. The maximum atomic E-state index is 12.7. The first kappa shape index (κ1) is 22.2. The number of amides is 2. The molecule has 0 spiro atoms. The van der Waals surface area contributed by atoms with Gasteiger partial charge in [0, 0.05) is 24.6 Å². The molecule has 160 valence electrons. The van der Waals surface area contributed by atoms with Crippen LogP contribution in [0.2, 0.25) is 0 Å². The first-order valence-electron chi connectivity index (χ1n) is 9.67. The molecule has 30 heavy (non-hydrogen) atoms. The molecule has 0 saturated heterocycles. The zero-order valence-corrected chi connectivity index (χ0v) is 18.3. The van der Waals surface area contributed by atoms with Gasteiger partial charge in [-0.3, -0.25) is 9.59 Å². The van der Waals surface area contributed by atoms with E-state index in [1.807, 2.05) is 16.8 Å². The summed E-state index contributed by atoms with van der Waals surface area (Å²) in [5, 5.41) is 9.89. The van der Waals surface area contributed by atoms with Crippen LogP contribution in [0, 0.1) is 0 Å². The van der Waals surface area contributed by atoms with Crippen LogP contribution >= 0.6 is 22.7 Å². The van der Waals surface area contributed by atoms with Gasteiger partial charge in [0.15, 0.2) is 6.61 Å². The number of hydrogen-bond acceptors (Lipinski definition) is 7. The Morgan fingerprint density at radius 3 is 2.83 bits per heavy atom. The summed E-state index contributed by atoms with van der Waals surface area (Å²) >= 11 is 2.95. The second-order valence-corrected chi connectivity index (χ2v) is 8.59. The van der Waals surface area contributed by atoms with Crippen molar-refractivity contribution in [2.45, 2.75) is 25.7 Å². The molecule has 0 aliphatic heterocycles. The smallest absolute Gasteiger partial charge is 0.331 e. The summed E-state index contributed by atoms with van der Waals surface area (Å²) in [7, 11) is 1.57. The average molecular weight is 449 g/mol. The lowest BCUT2D eigenvalue weighted by Gasteiger charge is -2.13. The number of methoxy groups -OCH3 is 1. The van der Waals surface area contributed by atoms with Crippen LogP contribution in [0.25, 0.3) is 6.08 Å². The van der Waals surface area contributed by atoms with Crippen molar-refractivity contribution in [3.05, 3.63) is 44.5 Å². The fourth-order valence-corrected chi connectivity index (χ4v) is 5.06. The summed E-state index contributed by atoms with van der Waals surface area (Å²) in [5.41, 5.74) is 2.42. The van der Waals surface area contributed by atoms with Crippen molar-refractivity contribution in [2.24, 2.45) is 0 Å². The molecular formula is C21H24N2O5S2. The molecule has 2 heterocycles. The van der Waals surface area contributed by atoms with Crippen LogP contribution in [-0.2, 0) is 31.9 Å². The highest BCUT2D eigenvalue weighted by Gasteiger charge is 2.26. The molecule has 1 aliphatic carbocycles. The Morgan fingerprint density at radius 1 is 1.23 bits per heavy atom. The molecule has 9 heteroatoms. The predicted octanol–water partition coefficient (Wildman–Crippen LogP) is 3.26. The summed E-state index contributed by atoms with van der Waals surface area (Å²) in [6.45, 7) is 0.385. The average Bonchev–Trinajstić information content (AvgIpc) is 3.38. The lowest BCUT2D eigenvalue weighted by Crippen LogP contribution is -2.29. The Kier molecular flexibility index (Phi) is 8.18. The minimum Gasteiger partial charge on any atom is -0.452 e. The van der Waals surface area contributed by atoms with E-state index in [-0.39, 0.29) is 5.91 Å². The van der Waals surface area contributed by atoms with E-state index in [0.29, 0.717) is 23.7 Å². The highest BCUT2D eigenvalue weighted by Crippen LogP contribution is 2.38. The predicted molar refractivity (Wildman–Crippen MR) is 118 cm³/mol. The van der Waals surface area contributed by atoms with Gasteiger partial charge in [0.25, 0.3) is 11.8 Å². The number of carbonyl (C=O) groups is 3. The van der Waals surface area contributed by atoms with Crippen LogP contribution < -0.4 is 10.6 Å². The minimum absolute atomic E-state index is 0.225. The highest BCUT2D eigenvalue weighted by molar-refractivity contribution is 7.17. The highest BCUT2D eigenvalue weighted by atomic mass is 32.1. The molecule has 2 amide bonds. The van der Waals surface area contributed by atoms with Crippen molar-refractivity contribution >= 4 is 51.5 Å². The van der Waals surface area contributed by atoms with Crippen molar-refractivity contribution < 1.29 is 23.9 Å². The first-order valence-corrected chi connectivity index (χ1v) is 11.4. The second kappa shape index (κ2) is 11.1. The van der Waals surface area contributed by atoms with Gasteiger partial charge in [-0.25, -0.2) is 4.79 Å². The van der Waals surface area contributed by atoms with Crippen LogP contribution in [0.1, 0.15) is 39.2 Å². The molecule has 0 atom stereocenters. The van der Waals surface area contributed by atoms with Gasteiger partial charge in [0.05, 0.1) is 12.2 Å². The third-order valence-electron chi connectivity index (χ3n) is 4.54. The van der Waals surface area contributed by atoms with Crippen molar-refractivity contribution in [2.75, 3.05) is 32.2 Å². The van der Waals surface area contributed by atoms with Gasteiger partial charge in [-0.05, 0) is 59.7 Å². The number of carbonyl (C=O) groups excluding carboxylic acids is 3. The molecule has 0 unspecified atom stereocenters. The van der Waals surface area contributed by atoms with E-state index in [0.717, 1.165) is 41.7 Å². The number of esters is 1. The number of aryl methyl sites for hydroxylation is 1. The molecule has 7 nitrogen and oxygen atoms in total. The Morgan fingerprint density at radius 2 is 2.07 bits per heavy atom. The fraction of sp³-hybridized carbons (Fsp3) is 0.381. The number of ether oxygens (including phenoxy) is 2. The van der Waals surface area contributed by atoms with Crippen molar-refractivity contribution in [1.29, 1.82) is 0 Å². The number of hydrogen-bond donors (Lipinski definition) is 2. The van der Waals surface area contributed by atoms with Gasteiger partial charge in [-0.1, -0.05) is 0 Å². The van der Waals surface area contributed by atoms with Crippen LogP contribution in [0.15, 0.2) is 22.9 Å². The monoisotopic (exact) mass is 448 g/mol. The lowest BCUT2D eigenvalue weighted by atomic mass is 9.95. The Balaban J connectivity index is 1.61. The molecule has 1 aliphatic rings. The zero-order chi connectivity index (χ0) is 21.3. The van der Waals surface area contributed by atoms with E-state index < -0.39 is 18.5 Å². The summed E-state index contributed by atoms with van der Waals surface area (Å²) in [5.74, 6) is -1.30. The quantitative estimate of drug-likeness (QED) is 0.349. The topological polar surface area (TPSA) is 93.7 Å². The van der Waals surface area contributed by atoms with Gasteiger partial charge in [-0.15, -0.1) is 11.3 Å². The second-order valence-electron chi connectivity index (χ2n) is 6.71. The number of fused-ring (bicyclic) bond motifs is 1. The van der Waals surface area contributed by atoms with Crippen LogP contribution in [-0.4, -0.2) is 44.7 Å².